The predicted molar refractivity (Wildman–Crippen MR) is 67.0 cm³/mol. The second kappa shape index (κ2) is 3.17. The fourth-order valence-electron chi connectivity index (χ4n) is 2.05. The average molecular weight is 233 g/mol. The highest BCUT2D eigenvalue weighted by molar-refractivity contribution is 7.71. The Kier molecular flexibility index (Phi) is 1.98. The second-order valence-corrected chi connectivity index (χ2v) is 5.60. The molecule has 0 aliphatic heterocycles. The van der Waals surface area contributed by atoms with Gasteiger partial charge in [-0.15, -0.1) is 0 Å². The molecule has 0 aromatic carbocycles. The van der Waals surface area contributed by atoms with Crippen LogP contribution in [-0.4, -0.2) is 14.5 Å². The Morgan fingerprint density at radius 3 is 3.00 bits per heavy atom. The normalized spacial score (nSPS) is 17.9. The van der Waals surface area contributed by atoms with Gasteiger partial charge in [-0.25, -0.2) is 4.98 Å². The van der Waals surface area contributed by atoms with Gasteiger partial charge in [0.05, 0.1) is 5.52 Å². The number of nitrogens with zero attached hydrogens (tertiary/aromatic N) is 2. The monoisotopic (exact) mass is 233 g/mol. The van der Waals surface area contributed by atoms with Crippen molar-refractivity contribution in [3.8, 4) is 0 Å². The van der Waals surface area contributed by atoms with Gasteiger partial charge in [0.25, 0.3) is 0 Å². The van der Waals surface area contributed by atoms with Crippen LogP contribution in [0.4, 0.5) is 0 Å². The Hall–Kier alpha value is -1.16. The van der Waals surface area contributed by atoms with Crippen molar-refractivity contribution >= 4 is 23.4 Å². The van der Waals surface area contributed by atoms with E-state index in [4.69, 9.17) is 12.2 Å². The van der Waals surface area contributed by atoms with Gasteiger partial charge in [0, 0.05) is 12.7 Å². The molecule has 0 radical (unpaired) electrons. The fraction of sp³-hybridized carbons (Fsp3) is 0.500. The molecule has 1 aliphatic rings. The summed E-state index contributed by atoms with van der Waals surface area (Å²) in [6.45, 7) is 5.34. The first kappa shape index (κ1) is 10.0. The molecule has 0 spiro atoms. The van der Waals surface area contributed by atoms with Crippen LogP contribution in [0.2, 0.25) is 0 Å². The van der Waals surface area contributed by atoms with Gasteiger partial charge >= 0.3 is 0 Å². The number of H-pyrrole nitrogens is 1. The van der Waals surface area contributed by atoms with E-state index in [1.54, 1.807) is 0 Å². The maximum absolute atomic E-state index is 5.36. The number of nitrogens with one attached hydrogen (secondary N) is 1. The molecule has 0 unspecified atom stereocenters. The Labute approximate surface area is 99.5 Å². The lowest BCUT2D eigenvalue weighted by molar-refractivity contribution is 0.467. The highest BCUT2D eigenvalue weighted by atomic mass is 32.1. The van der Waals surface area contributed by atoms with Gasteiger partial charge in [0.1, 0.15) is 0 Å². The summed E-state index contributed by atoms with van der Waals surface area (Å²) in [6.07, 6.45) is 4.50. The SMILES string of the molecule is Cc1cnc2c(c1)[nH]c(=S)n2CC1(C)CC1. The summed E-state index contributed by atoms with van der Waals surface area (Å²) in [4.78, 5) is 7.71. The molecule has 0 atom stereocenters. The van der Waals surface area contributed by atoms with Crippen LogP contribution >= 0.6 is 12.2 Å². The van der Waals surface area contributed by atoms with Crippen molar-refractivity contribution in [3.05, 3.63) is 22.6 Å². The second-order valence-electron chi connectivity index (χ2n) is 5.21. The molecule has 1 N–H and O–H groups in total. The molecule has 0 amide bonds. The van der Waals surface area contributed by atoms with E-state index in [-0.39, 0.29) is 0 Å². The van der Waals surface area contributed by atoms with Crippen molar-refractivity contribution in [2.75, 3.05) is 0 Å². The van der Waals surface area contributed by atoms with Crippen molar-refractivity contribution in [3.63, 3.8) is 0 Å². The highest BCUT2D eigenvalue weighted by Gasteiger charge is 2.38. The summed E-state index contributed by atoms with van der Waals surface area (Å²) in [5, 5.41) is 0. The van der Waals surface area contributed by atoms with Crippen LogP contribution < -0.4 is 0 Å². The van der Waals surface area contributed by atoms with E-state index in [1.165, 1.54) is 12.8 Å². The van der Waals surface area contributed by atoms with Crippen molar-refractivity contribution in [1.29, 1.82) is 0 Å². The molecule has 3 nitrogen and oxygen atoms in total. The van der Waals surface area contributed by atoms with E-state index >= 15 is 0 Å². The van der Waals surface area contributed by atoms with Gasteiger partial charge in [-0.3, -0.25) is 0 Å². The Morgan fingerprint density at radius 1 is 1.56 bits per heavy atom. The van der Waals surface area contributed by atoms with Crippen LogP contribution in [0.1, 0.15) is 25.3 Å². The Bertz CT molecular complexity index is 604. The molecule has 84 valence electrons. The van der Waals surface area contributed by atoms with Crippen LogP contribution in [0, 0.1) is 17.1 Å². The standard InChI is InChI=1S/C12H15N3S/c1-8-5-9-10(13-6-8)15(11(16)14-9)7-12(2)3-4-12/h5-6H,3-4,7H2,1-2H3,(H,14,16). The molecule has 4 heteroatoms. The number of imidazole rings is 1. The van der Waals surface area contributed by atoms with Gasteiger partial charge < -0.3 is 9.55 Å². The van der Waals surface area contributed by atoms with Crippen molar-refractivity contribution in [2.45, 2.75) is 33.2 Å². The molecule has 2 heterocycles. The third-order valence-corrected chi connectivity index (χ3v) is 3.71. The van der Waals surface area contributed by atoms with Crippen LogP contribution in [0.15, 0.2) is 12.3 Å². The highest BCUT2D eigenvalue weighted by Crippen LogP contribution is 2.46. The van der Waals surface area contributed by atoms with Crippen LogP contribution in [-0.2, 0) is 6.54 Å². The summed E-state index contributed by atoms with van der Waals surface area (Å²) in [5.74, 6) is 0. The molecule has 2 aromatic rings. The first-order valence-electron chi connectivity index (χ1n) is 5.63. The zero-order chi connectivity index (χ0) is 11.3. The van der Waals surface area contributed by atoms with E-state index in [0.717, 1.165) is 28.0 Å². The van der Waals surface area contributed by atoms with Crippen LogP contribution in [0.5, 0.6) is 0 Å². The van der Waals surface area contributed by atoms with E-state index in [2.05, 4.69) is 27.5 Å². The molecule has 16 heavy (non-hydrogen) atoms. The van der Waals surface area contributed by atoms with Crippen molar-refractivity contribution < 1.29 is 0 Å². The third kappa shape index (κ3) is 1.57. The Morgan fingerprint density at radius 2 is 2.31 bits per heavy atom. The summed E-state index contributed by atoms with van der Waals surface area (Å²) < 4.78 is 2.93. The third-order valence-electron chi connectivity index (χ3n) is 3.39. The summed E-state index contributed by atoms with van der Waals surface area (Å²) >= 11 is 5.36. The number of hydrogen-bond acceptors (Lipinski definition) is 2. The molecule has 0 saturated heterocycles. The fourth-order valence-corrected chi connectivity index (χ4v) is 2.31. The number of aromatic nitrogens is 3. The topological polar surface area (TPSA) is 33.6 Å². The van der Waals surface area contributed by atoms with Crippen LogP contribution in [0.25, 0.3) is 11.2 Å². The predicted octanol–water partition coefficient (Wildman–Crippen LogP) is 3.20. The zero-order valence-corrected chi connectivity index (χ0v) is 10.4. The smallest absolute Gasteiger partial charge is 0.179 e. The summed E-state index contributed by atoms with van der Waals surface area (Å²) in [7, 11) is 0. The minimum atomic E-state index is 0.444. The van der Waals surface area contributed by atoms with E-state index in [9.17, 15) is 0 Å². The number of aryl methyl sites for hydroxylation is 1. The number of hydrogen-bond donors (Lipinski definition) is 1. The number of fused-ring (bicyclic) bond motifs is 1. The van der Waals surface area contributed by atoms with E-state index in [0.29, 0.717) is 5.41 Å². The van der Waals surface area contributed by atoms with Gasteiger partial charge in [0.2, 0.25) is 0 Å². The molecule has 2 aromatic heterocycles. The van der Waals surface area contributed by atoms with Gasteiger partial charge in [-0.05, 0) is 49.0 Å². The lowest BCUT2D eigenvalue weighted by Crippen LogP contribution is -2.08. The maximum atomic E-state index is 5.36. The average Bonchev–Trinajstić information content (AvgIpc) is 2.86. The minimum absolute atomic E-state index is 0.444. The Balaban J connectivity index is 2.16. The maximum Gasteiger partial charge on any atom is 0.179 e. The van der Waals surface area contributed by atoms with E-state index < -0.39 is 0 Å². The number of rotatable bonds is 2. The van der Waals surface area contributed by atoms with Gasteiger partial charge in [0.15, 0.2) is 10.4 Å². The summed E-state index contributed by atoms with van der Waals surface area (Å²) in [6, 6.07) is 2.10. The lowest BCUT2D eigenvalue weighted by Gasteiger charge is -2.09. The van der Waals surface area contributed by atoms with Gasteiger partial charge in [-0.2, -0.15) is 0 Å². The zero-order valence-electron chi connectivity index (χ0n) is 9.58. The molecule has 3 rings (SSSR count). The number of pyridine rings is 1. The minimum Gasteiger partial charge on any atom is -0.329 e. The molecule has 1 aliphatic carbocycles. The molecular weight excluding hydrogens is 218 g/mol. The molecule has 0 bridgehead atoms. The molecule has 1 saturated carbocycles. The van der Waals surface area contributed by atoms with Crippen molar-refractivity contribution in [2.24, 2.45) is 5.41 Å². The van der Waals surface area contributed by atoms with Crippen LogP contribution in [0.3, 0.4) is 0 Å². The van der Waals surface area contributed by atoms with Crippen molar-refractivity contribution in [1.82, 2.24) is 14.5 Å². The molecule has 1 fully saturated rings. The van der Waals surface area contributed by atoms with E-state index in [1.807, 2.05) is 13.1 Å². The largest absolute Gasteiger partial charge is 0.329 e. The lowest BCUT2D eigenvalue weighted by atomic mass is 10.1. The number of aromatic amines is 1. The molecular formula is C12H15N3S. The quantitative estimate of drug-likeness (QED) is 0.808. The summed E-state index contributed by atoms with van der Waals surface area (Å²) in [5.41, 5.74) is 3.64. The first-order chi connectivity index (χ1) is 7.57. The van der Waals surface area contributed by atoms with Gasteiger partial charge in [-0.1, -0.05) is 6.92 Å². The first-order valence-corrected chi connectivity index (χ1v) is 6.03.